The van der Waals surface area contributed by atoms with Crippen LogP contribution in [-0.4, -0.2) is 37.2 Å². The van der Waals surface area contributed by atoms with Gasteiger partial charge in [0, 0.05) is 19.5 Å². The van der Waals surface area contributed by atoms with Crippen LogP contribution in [0.4, 0.5) is 5.95 Å². The van der Waals surface area contributed by atoms with Gasteiger partial charge in [0.15, 0.2) is 5.75 Å². The molecule has 43 heavy (non-hydrogen) atoms. The van der Waals surface area contributed by atoms with E-state index in [1.165, 1.54) is 50.1 Å². The fourth-order valence-electron chi connectivity index (χ4n) is 5.45. The van der Waals surface area contributed by atoms with Crippen molar-refractivity contribution in [3.05, 3.63) is 112 Å². The average molecular weight is 576 g/mol. The number of benzene rings is 3. The second-order valence-electron chi connectivity index (χ2n) is 11.8. The average Bonchev–Trinajstić information content (AvgIpc) is 3.49. The Hall–Kier alpha value is -4.59. The zero-order valence-corrected chi connectivity index (χ0v) is 26.1. The lowest BCUT2D eigenvalue weighted by Crippen LogP contribution is -2.25. The number of ether oxygens (including phenoxy) is 1. The van der Waals surface area contributed by atoms with Crippen molar-refractivity contribution in [1.82, 2.24) is 30.6 Å². The van der Waals surface area contributed by atoms with Crippen molar-refractivity contribution in [3.8, 4) is 16.9 Å². The topological polar surface area (TPSA) is 92.7 Å². The molecule has 222 valence electrons. The van der Waals surface area contributed by atoms with E-state index >= 15 is 0 Å². The Kier molecular flexibility index (Phi) is 9.45. The minimum absolute atomic E-state index is 0.461. The Balaban J connectivity index is 1.43. The molecule has 5 aromatic rings. The lowest BCUT2D eigenvalue weighted by Gasteiger charge is -2.25. The number of nitrogens with zero attached hydrogens (tertiary/aromatic N) is 6. The lowest BCUT2D eigenvalue weighted by molar-refractivity contribution is 0.307. The molecule has 0 saturated heterocycles. The summed E-state index contributed by atoms with van der Waals surface area (Å²) in [6, 6.07) is 20.3. The molecule has 2 aromatic heterocycles. The molecule has 0 unspecified atom stereocenters. The van der Waals surface area contributed by atoms with E-state index in [0.29, 0.717) is 43.7 Å². The van der Waals surface area contributed by atoms with Gasteiger partial charge in [0.2, 0.25) is 5.95 Å². The number of H-pyrrole nitrogens is 1. The van der Waals surface area contributed by atoms with Crippen LogP contribution in [0.25, 0.3) is 11.1 Å². The summed E-state index contributed by atoms with van der Waals surface area (Å²) in [5.41, 5.74) is 11.3. The molecule has 5 rings (SSSR count). The van der Waals surface area contributed by atoms with Gasteiger partial charge in [-0.05, 0) is 83.8 Å². The second-order valence-corrected chi connectivity index (χ2v) is 11.8. The van der Waals surface area contributed by atoms with Gasteiger partial charge in [-0.25, -0.2) is 15.1 Å². The predicted molar refractivity (Wildman–Crippen MR) is 171 cm³/mol. The molecule has 0 atom stereocenters. The molecule has 0 saturated carbocycles. The van der Waals surface area contributed by atoms with Gasteiger partial charge in [-0.1, -0.05) is 85.1 Å². The van der Waals surface area contributed by atoms with E-state index in [4.69, 9.17) is 14.7 Å². The monoisotopic (exact) mass is 575 g/mol. The summed E-state index contributed by atoms with van der Waals surface area (Å²) >= 11 is 0. The van der Waals surface area contributed by atoms with Crippen LogP contribution in [0.2, 0.25) is 0 Å². The standard InChI is InChI=1S/C35H41N7O/c1-23(2)29-11-10-27(6)33(18-29)32-12-9-24(3)17-30(32)22-42(21-28-15-25(4)14-26(5)16-28)35-36-19-31(20-37-35)43-13-7-8-34-38-40-41-39-34/h9-12,14-20,23H,7-8,13,21-22H2,1-6H3,(H,38,39,40,41). The zero-order chi connectivity index (χ0) is 30.3. The van der Waals surface area contributed by atoms with Gasteiger partial charge in [-0.2, -0.15) is 0 Å². The molecule has 3 aromatic carbocycles. The van der Waals surface area contributed by atoms with Gasteiger partial charge in [-0.3, -0.25) is 0 Å². The molecule has 0 aliphatic heterocycles. The predicted octanol–water partition coefficient (Wildman–Crippen LogP) is 7.23. The largest absolute Gasteiger partial charge is 0.490 e. The number of aromatic nitrogens is 6. The van der Waals surface area contributed by atoms with Crippen molar-refractivity contribution >= 4 is 5.95 Å². The number of tetrazole rings is 1. The van der Waals surface area contributed by atoms with Gasteiger partial charge in [0.1, 0.15) is 5.82 Å². The summed E-state index contributed by atoms with van der Waals surface area (Å²) in [7, 11) is 0. The molecule has 2 heterocycles. The first kappa shape index (κ1) is 29.9. The highest BCUT2D eigenvalue weighted by molar-refractivity contribution is 5.72. The third kappa shape index (κ3) is 7.83. The molecular weight excluding hydrogens is 534 g/mol. The summed E-state index contributed by atoms with van der Waals surface area (Å²) < 4.78 is 5.92. The summed E-state index contributed by atoms with van der Waals surface area (Å²) in [5, 5.41) is 13.9. The first-order valence-electron chi connectivity index (χ1n) is 14.9. The fraction of sp³-hybridized carbons (Fsp3) is 0.343. The van der Waals surface area contributed by atoms with Gasteiger partial charge in [-0.15, -0.1) is 5.10 Å². The highest BCUT2D eigenvalue weighted by Crippen LogP contribution is 2.32. The zero-order valence-electron chi connectivity index (χ0n) is 26.1. The summed E-state index contributed by atoms with van der Waals surface area (Å²) in [5.74, 6) is 2.52. The Labute approximate surface area is 254 Å². The van der Waals surface area contributed by atoms with Crippen LogP contribution in [-0.2, 0) is 19.5 Å². The highest BCUT2D eigenvalue weighted by atomic mass is 16.5. The van der Waals surface area contributed by atoms with Crippen LogP contribution in [0, 0.1) is 27.7 Å². The quantitative estimate of drug-likeness (QED) is 0.157. The normalized spacial score (nSPS) is 11.2. The van der Waals surface area contributed by atoms with E-state index in [2.05, 4.69) is 122 Å². The fourth-order valence-corrected chi connectivity index (χ4v) is 5.45. The third-order valence-corrected chi connectivity index (χ3v) is 7.61. The molecule has 8 nitrogen and oxygen atoms in total. The number of aryl methyl sites for hydroxylation is 5. The number of hydrogen-bond acceptors (Lipinski definition) is 7. The first-order chi connectivity index (χ1) is 20.7. The van der Waals surface area contributed by atoms with E-state index in [1.807, 2.05) is 0 Å². The molecule has 0 bridgehead atoms. The lowest BCUT2D eigenvalue weighted by atomic mass is 9.90. The van der Waals surface area contributed by atoms with Crippen molar-refractivity contribution in [2.75, 3.05) is 11.5 Å². The number of rotatable bonds is 12. The Bertz CT molecular complexity index is 1630. The van der Waals surface area contributed by atoms with Gasteiger partial charge in [0.05, 0.1) is 19.0 Å². The van der Waals surface area contributed by atoms with Gasteiger partial charge in [0.25, 0.3) is 0 Å². The third-order valence-electron chi connectivity index (χ3n) is 7.61. The Morgan fingerprint density at radius 2 is 1.58 bits per heavy atom. The first-order valence-corrected chi connectivity index (χ1v) is 14.9. The van der Waals surface area contributed by atoms with Crippen LogP contribution in [0.5, 0.6) is 5.75 Å². The van der Waals surface area contributed by atoms with E-state index in [-0.39, 0.29) is 0 Å². The van der Waals surface area contributed by atoms with Crippen LogP contribution < -0.4 is 9.64 Å². The molecule has 0 radical (unpaired) electrons. The van der Waals surface area contributed by atoms with Crippen molar-refractivity contribution in [1.29, 1.82) is 0 Å². The maximum atomic E-state index is 5.92. The molecule has 0 fully saturated rings. The molecule has 0 aliphatic carbocycles. The molecule has 0 aliphatic rings. The number of aromatic amines is 1. The number of hydrogen-bond donors (Lipinski definition) is 1. The maximum absolute atomic E-state index is 5.92. The maximum Gasteiger partial charge on any atom is 0.226 e. The van der Waals surface area contributed by atoms with Crippen molar-refractivity contribution < 1.29 is 4.74 Å². The minimum atomic E-state index is 0.461. The number of nitrogens with one attached hydrogen (secondary N) is 1. The van der Waals surface area contributed by atoms with Crippen LogP contribution in [0.3, 0.4) is 0 Å². The van der Waals surface area contributed by atoms with E-state index in [1.54, 1.807) is 12.4 Å². The van der Waals surface area contributed by atoms with Crippen LogP contribution in [0.1, 0.15) is 71.0 Å². The molecule has 8 heteroatoms. The van der Waals surface area contributed by atoms with Gasteiger partial charge < -0.3 is 9.64 Å². The van der Waals surface area contributed by atoms with Crippen molar-refractivity contribution in [2.45, 2.75) is 73.4 Å². The highest BCUT2D eigenvalue weighted by Gasteiger charge is 2.17. The molecular formula is C35H41N7O. The Morgan fingerprint density at radius 3 is 2.28 bits per heavy atom. The summed E-state index contributed by atoms with van der Waals surface area (Å²) in [6.07, 6.45) is 5.03. The van der Waals surface area contributed by atoms with E-state index in [9.17, 15) is 0 Å². The number of anilines is 1. The molecule has 1 N–H and O–H groups in total. The minimum Gasteiger partial charge on any atom is -0.490 e. The van der Waals surface area contributed by atoms with Crippen LogP contribution >= 0.6 is 0 Å². The smallest absolute Gasteiger partial charge is 0.226 e. The molecule has 0 spiro atoms. The van der Waals surface area contributed by atoms with E-state index < -0.39 is 0 Å². The van der Waals surface area contributed by atoms with Crippen LogP contribution in [0.15, 0.2) is 67.0 Å². The second kappa shape index (κ2) is 13.6. The van der Waals surface area contributed by atoms with Crippen molar-refractivity contribution in [3.63, 3.8) is 0 Å². The van der Waals surface area contributed by atoms with Crippen molar-refractivity contribution in [2.24, 2.45) is 0 Å². The summed E-state index contributed by atoms with van der Waals surface area (Å²) in [6.45, 7) is 15.0. The Morgan fingerprint density at radius 1 is 0.814 bits per heavy atom. The SMILES string of the molecule is Cc1cc(C)cc(CN(Cc2cc(C)ccc2-c2cc(C(C)C)ccc2C)c2ncc(OCCCc3nnn[nH]3)cn2)c1. The van der Waals surface area contributed by atoms with E-state index in [0.717, 1.165) is 12.2 Å². The summed E-state index contributed by atoms with van der Waals surface area (Å²) in [4.78, 5) is 11.8. The molecule has 0 amide bonds. The van der Waals surface area contributed by atoms with Gasteiger partial charge >= 0.3 is 0 Å².